The van der Waals surface area contributed by atoms with Crippen molar-refractivity contribution in [2.24, 2.45) is 12.1 Å². The van der Waals surface area contributed by atoms with Crippen LogP contribution in [0.5, 0.6) is 5.75 Å². The summed E-state index contributed by atoms with van der Waals surface area (Å²) in [6.07, 6.45) is 1.66. The number of hydrogen-bond acceptors (Lipinski definition) is 6. The van der Waals surface area contributed by atoms with Crippen LogP contribution >= 0.6 is 11.8 Å². The van der Waals surface area contributed by atoms with Gasteiger partial charge in [-0.25, -0.2) is 5.43 Å². The molecule has 0 unspecified atom stereocenters. The van der Waals surface area contributed by atoms with E-state index in [0.29, 0.717) is 11.3 Å². The number of rotatable bonds is 6. The van der Waals surface area contributed by atoms with Crippen LogP contribution in [-0.4, -0.2) is 31.5 Å². The molecular formula is C19H19N5O2S. The number of hydrogen-bond donors (Lipinski definition) is 2. The van der Waals surface area contributed by atoms with Gasteiger partial charge in [0.25, 0.3) is 5.91 Å². The second-order valence-corrected chi connectivity index (χ2v) is 6.84. The summed E-state index contributed by atoms with van der Waals surface area (Å²) >= 11 is 1.58. The number of phenolic OH excluding ortho intramolecular Hbond substituents is 1. The molecule has 2 aromatic carbocycles. The molecule has 8 heteroatoms. The van der Waals surface area contributed by atoms with Gasteiger partial charge in [-0.05, 0) is 54.4 Å². The maximum absolute atomic E-state index is 12.3. The Kier molecular flexibility index (Phi) is 5.87. The van der Waals surface area contributed by atoms with Gasteiger partial charge in [0, 0.05) is 18.4 Å². The Balaban J connectivity index is 1.57. The van der Waals surface area contributed by atoms with E-state index in [0.717, 1.165) is 22.0 Å². The van der Waals surface area contributed by atoms with E-state index < -0.39 is 0 Å². The first-order valence-corrected chi connectivity index (χ1v) is 9.21. The molecule has 0 saturated carbocycles. The number of phenols is 1. The van der Waals surface area contributed by atoms with E-state index in [9.17, 15) is 9.90 Å². The third-order valence-corrected chi connectivity index (χ3v) is 4.97. The van der Waals surface area contributed by atoms with Crippen LogP contribution in [-0.2, 0) is 12.8 Å². The van der Waals surface area contributed by atoms with Crippen molar-refractivity contribution >= 4 is 23.4 Å². The number of nitrogens with zero attached hydrogens (tertiary/aromatic N) is 4. The van der Waals surface area contributed by atoms with Crippen molar-refractivity contribution < 1.29 is 9.90 Å². The number of carbonyl (C=O) groups excluding carboxylic acids is 1. The minimum absolute atomic E-state index is 0.188. The summed E-state index contributed by atoms with van der Waals surface area (Å²) in [4.78, 5) is 12.3. The topological polar surface area (TPSA) is 92.4 Å². The fourth-order valence-corrected chi connectivity index (χ4v) is 3.11. The molecule has 0 fully saturated rings. The van der Waals surface area contributed by atoms with Gasteiger partial charge >= 0.3 is 0 Å². The molecule has 0 bridgehead atoms. The Morgan fingerprint density at radius 1 is 1.15 bits per heavy atom. The van der Waals surface area contributed by atoms with Gasteiger partial charge in [0.2, 0.25) is 0 Å². The summed E-state index contributed by atoms with van der Waals surface area (Å²) < 4.78 is 1.86. The normalized spacial score (nSPS) is 11.4. The molecular weight excluding hydrogens is 362 g/mol. The van der Waals surface area contributed by atoms with Crippen molar-refractivity contribution in [2.45, 2.75) is 17.8 Å². The van der Waals surface area contributed by atoms with Crippen molar-refractivity contribution in [1.82, 2.24) is 20.2 Å². The highest BCUT2D eigenvalue weighted by Crippen LogP contribution is 2.20. The number of nitrogens with one attached hydrogen (secondary N) is 1. The SMILES string of the molecule is C/C(=N\NC(=O)c1ccc(CSc2nncn2C)cc1)c1ccc(O)cc1. The fourth-order valence-electron chi connectivity index (χ4n) is 2.27. The number of aromatic nitrogens is 3. The third-order valence-electron chi connectivity index (χ3n) is 3.86. The van der Waals surface area contributed by atoms with E-state index in [-0.39, 0.29) is 11.7 Å². The molecule has 0 radical (unpaired) electrons. The molecule has 0 aliphatic carbocycles. The molecule has 1 aromatic heterocycles. The summed E-state index contributed by atoms with van der Waals surface area (Å²) in [5, 5.41) is 22.2. The zero-order chi connectivity index (χ0) is 19.2. The summed E-state index contributed by atoms with van der Waals surface area (Å²) in [6.45, 7) is 1.79. The molecule has 3 rings (SSSR count). The highest BCUT2D eigenvalue weighted by Gasteiger charge is 2.07. The molecule has 0 aliphatic heterocycles. The van der Waals surface area contributed by atoms with E-state index in [1.165, 1.54) is 0 Å². The maximum atomic E-state index is 12.3. The average Bonchev–Trinajstić information content (AvgIpc) is 3.10. The van der Waals surface area contributed by atoms with E-state index in [1.807, 2.05) is 23.7 Å². The second kappa shape index (κ2) is 8.50. The summed E-state index contributed by atoms with van der Waals surface area (Å²) in [7, 11) is 1.90. The quantitative estimate of drug-likeness (QED) is 0.389. The molecule has 3 aromatic rings. The largest absolute Gasteiger partial charge is 0.508 e. The van der Waals surface area contributed by atoms with Crippen molar-refractivity contribution in [1.29, 1.82) is 0 Å². The third kappa shape index (κ3) is 4.95. The molecule has 1 heterocycles. The second-order valence-electron chi connectivity index (χ2n) is 5.90. The summed E-state index contributed by atoms with van der Waals surface area (Å²) in [5.41, 5.74) is 5.65. The van der Waals surface area contributed by atoms with Gasteiger partial charge in [-0.2, -0.15) is 5.10 Å². The molecule has 0 saturated heterocycles. The minimum atomic E-state index is -0.277. The van der Waals surface area contributed by atoms with Crippen LogP contribution in [0.25, 0.3) is 0 Å². The summed E-state index contributed by atoms with van der Waals surface area (Å²) in [5.74, 6) is 0.653. The zero-order valence-corrected chi connectivity index (χ0v) is 15.8. The van der Waals surface area contributed by atoms with Crippen LogP contribution < -0.4 is 5.43 Å². The number of hydrazone groups is 1. The number of benzene rings is 2. The minimum Gasteiger partial charge on any atom is -0.508 e. The monoisotopic (exact) mass is 381 g/mol. The van der Waals surface area contributed by atoms with E-state index in [1.54, 1.807) is 61.4 Å². The van der Waals surface area contributed by atoms with E-state index in [4.69, 9.17) is 0 Å². The first kappa shape index (κ1) is 18.7. The van der Waals surface area contributed by atoms with Gasteiger partial charge in [-0.15, -0.1) is 10.2 Å². The lowest BCUT2D eigenvalue weighted by Crippen LogP contribution is -2.19. The first-order valence-electron chi connectivity index (χ1n) is 8.22. The Labute approximate surface area is 161 Å². The number of thioether (sulfide) groups is 1. The molecule has 0 aliphatic rings. The fraction of sp³-hybridized carbons (Fsp3) is 0.158. The Bertz CT molecular complexity index is 949. The Morgan fingerprint density at radius 2 is 1.81 bits per heavy atom. The molecule has 2 N–H and O–H groups in total. The highest BCUT2D eigenvalue weighted by atomic mass is 32.2. The van der Waals surface area contributed by atoms with Crippen LogP contribution in [0.15, 0.2) is 65.1 Å². The first-order chi connectivity index (χ1) is 13.0. The zero-order valence-electron chi connectivity index (χ0n) is 15.0. The van der Waals surface area contributed by atoms with Gasteiger partial charge in [0.1, 0.15) is 12.1 Å². The predicted molar refractivity (Wildman–Crippen MR) is 105 cm³/mol. The molecule has 0 atom stereocenters. The van der Waals surface area contributed by atoms with Gasteiger partial charge < -0.3 is 9.67 Å². The van der Waals surface area contributed by atoms with E-state index in [2.05, 4.69) is 20.7 Å². The number of carbonyl (C=O) groups is 1. The van der Waals surface area contributed by atoms with E-state index >= 15 is 0 Å². The van der Waals surface area contributed by atoms with Crippen LogP contribution in [0.2, 0.25) is 0 Å². The van der Waals surface area contributed by atoms with Gasteiger partial charge in [0.05, 0.1) is 5.71 Å². The molecule has 0 spiro atoms. The number of amides is 1. The van der Waals surface area contributed by atoms with Gasteiger partial charge in [-0.1, -0.05) is 23.9 Å². The molecule has 1 amide bonds. The van der Waals surface area contributed by atoms with Gasteiger partial charge in [0.15, 0.2) is 5.16 Å². The number of aromatic hydroxyl groups is 1. The predicted octanol–water partition coefficient (Wildman–Crippen LogP) is 2.97. The molecule has 27 heavy (non-hydrogen) atoms. The lowest BCUT2D eigenvalue weighted by atomic mass is 10.1. The maximum Gasteiger partial charge on any atom is 0.271 e. The lowest BCUT2D eigenvalue weighted by Gasteiger charge is -2.05. The van der Waals surface area contributed by atoms with Crippen LogP contribution in [0.4, 0.5) is 0 Å². The smallest absolute Gasteiger partial charge is 0.271 e. The van der Waals surface area contributed by atoms with Crippen molar-refractivity contribution in [3.8, 4) is 5.75 Å². The molecule has 7 nitrogen and oxygen atoms in total. The average molecular weight is 381 g/mol. The lowest BCUT2D eigenvalue weighted by molar-refractivity contribution is 0.0955. The summed E-state index contributed by atoms with van der Waals surface area (Å²) in [6, 6.07) is 14.0. The highest BCUT2D eigenvalue weighted by molar-refractivity contribution is 7.98. The Morgan fingerprint density at radius 3 is 2.44 bits per heavy atom. The standard InChI is InChI=1S/C19H19N5O2S/c1-13(15-7-9-17(25)10-8-15)21-22-18(26)16-5-3-14(4-6-16)11-27-19-23-20-12-24(19)2/h3-10,12,25H,11H2,1-2H3,(H,22,26)/b21-13+. The van der Waals surface area contributed by atoms with Crippen LogP contribution in [0.3, 0.4) is 0 Å². The Hall–Kier alpha value is -3.13. The van der Waals surface area contributed by atoms with Crippen LogP contribution in [0.1, 0.15) is 28.4 Å². The van der Waals surface area contributed by atoms with Crippen LogP contribution in [0, 0.1) is 0 Å². The van der Waals surface area contributed by atoms with Gasteiger partial charge in [-0.3, -0.25) is 4.79 Å². The molecule has 138 valence electrons. The number of aryl methyl sites for hydroxylation is 1. The van der Waals surface area contributed by atoms with Crippen molar-refractivity contribution in [3.63, 3.8) is 0 Å². The van der Waals surface area contributed by atoms with Crippen molar-refractivity contribution in [3.05, 3.63) is 71.5 Å². The van der Waals surface area contributed by atoms with Crippen molar-refractivity contribution in [2.75, 3.05) is 0 Å².